The number of fused-ring (bicyclic) bond motifs is 1. The monoisotopic (exact) mass is 435 g/mol. The molecule has 0 aliphatic carbocycles. The lowest BCUT2D eigenvalue weighted by Gasteiger charge is -2.13. The van der Waals surface area contributed by atoms with Crippen molar-refractivity contribution >= 4 is 51.2 Å². The molecular formula is C22H17N3O3S2. The fourth-order valence-corrected chi connectivity index (χ4v) is 4.86. The van der Waals surface area contributed by atoms with E-state index in [9.17, 15) is 14.7 Å². The summed E-state index contributed by atoms with van der Waals surface area (Å²) in [6.07, 6.45) is 2.16. The number of hydrogen-bond donors (Lipinski definition) is 2. The number of phenols is 1. The van der Waals surface area contributed by atoms with Gasteiger partial charge in [-0.3, -0.25) is 9.59 Å². The summed E-state index contributed by atoms with van der Waals surface area (Å²) in [7, 11) is 0. The number of thiophene rings is 1. The number of nitrogens with zero attached hydrogens (tertiary/aromatic N) is 2. The Hall–Kier alpha value is -3.23. The van der Waals surface area contributed by atoms with Gasteiger partial charge in [0.05, 0.1) is 16.3 Å². The number of carbonyl (C=O) groups is 2. The van der Waals surface area contributed by atoms with Gasteiger partial charge in [-0.15, -0.1) is 11.3 Å². The average molecular weight is 436 g/mol. The molecule has 0 saturated carbocycles. The molecule has 1 unspecified atom stereocenters. The van der Waals surface area contributed by atoms with Gasteiger partial charge in [0, 0.05) is 16.5 Å². The molecule has 2 heterocycles. The fourth-order valence-electron chi connectivity index (χ4n) is 2.95. The van der Waals surface area contributed by atoms with Crippen LogP contribution in [-0.4, -0.2) is 32.5 Å². The van der Waals surface area contributed by atoms with E-state index in [2.05, 4.69) is 15.3 Å². The third kappa shape index (κ3) is 4.05. The Kier molecular flexibility index (Phi) is 5.78. The van der Waals surface area contributed by atoms with Crippen molar-refractivity contribution in [3.63, 3.8) is 0 Å². The van der Waals surface area contributed by atoms with Gasteiger partial charge in [-0.1, -0.05) is 42.1 Å². The molecule has 2 aromatic carbocycles. The topological polar surface area (TPSA) is 92.2 Å². The molecule has 1 amide bonds. The summed E-state index contributed by atoms with van der Waals surface area (Å²) in [6.45, 7) is 1.77. The second-order valence-electron chi connectivity index (χ2n) is 6.52. The third-order valence-electron chi connectivity index (χ3n) is 4.49. The summed E-state index contributed by atoms with van der Waals surface area (Å²) in [5.41, 5.74) is 2.66. The molecule has 1 atom stereocenters. The van der Waals surface area contributed by atoms with Crippen LogP contribution in [0.2, 0.25) is 0 Å². The molecular weight excluding hydrogens is 418 g/mol. The maximum absolute atomic E-state index is 12.7. The highest BCUT2D eigenvalue weighted by Gasteiger charge is 2.20. The van der Waals surface area contributed by atoms with E-state index in [0.717, 1.165) is 21.3 Å². The number of nitrogens with one attached hydrogen (secondary N) is 1. The number of thioether (sulfide) groups is 1. The zero-order valence-corrected chi connectivity index (χ0v) is 17.5. The minimum absolute atomic E-state index is 0.0974. The number of anilines is 1. The number of hydrogen-bond acceptors (Lipinski definition) is 7. The van der Waals surface area contributed by atoms with Gasteiger partial charge in [0.1, 0.15) is 28.2 Å². The van der Waals surface area contributed by atoms with Crippen molar-refractivity contribution in [2.24, 2.45) is 0 Å². The number of amides is 1. The lowest BCUT2D eigenvalue weighted by molar-refractivity contribution is -0.115. The van der Waals surface area contributed by atoms with Gasteiger partial charge < -0.3 is 10.4 Å². The van der Waals surface area contributed by atoms with E-state index in [1.54, 1.807) is 6.92 Å². The van der Waals surface area contributed by atoms with Crippen molar-refractivity contribution in [2.45, 2.75) is 17.2 Å². The molecule has 0 saturated heterocycles. The van der Waals surface area contributed by atoms with Crippen molar-refractivity contribution in [1.82, 2.24) is 9.97 Å². The van der Waals surface area contributed by atoms with Crippen LogP contribution in [0.4, 0.5) is 5.69 Å². The number of aldehydes is 1. The van der Waals surface area contributed by atoms with E-state index < -0.39 is 5.25 Å². The Bertz CT molecular complexity index is 1230. The average Bonchev–Trinajstić information content (AvgIpc) is 3.21. The zero-order valence-electron chi connectivity index (χ0n) is 15.9. The Labute approximate surface area is 181 Å². The number of benzene rings is 2. The second kappa shape index (κ2) is 8.64. The molecule has 2 N–H and O–H groups in total. The van der Waals surface area contributed by atoms with Crippen LogP contribution in [0.5, 0.6) is 5.75 Å². The summed E-state index contributed by atoms with van der Waals surface area (Å²) in [5.74, 6) is -0.402. The highest BCUT2D eigenvalue weighted by Crippen LogP contribution is 2.39. The molecule has 8 heteroatoms. The Balaban J connectivity index is 1.60. The smallest absolute Gasteiger partial charge is 0.237 e. The van der Waals surface area contributed by atoms with E-state index in [-0.39, 0.29) is 17.3 Å². The van der Waals surface area contributed by atoms with Crippen LogP contribution in [0.25, 0.3) is 21.3 Å². The van der Waals surface area contributed by atoms with E-state index in [4.69, 9.17) is 0 Å². The highest BCUT2D eigenvalue weighted by molar-refractivity contribution is 8.00. The molecule has 4 rings (SSSR count). The van der Waals surface area contributed by atoms with Gasteiger partial charge in [-0.05, 0) is 30.7 Å². The minimum atomic E-state index is -0.495. The van der Waals surface area contributed by atoms with Gasteiger partial charge in [-0.25, -0.2) is 9.97 Å². The molecule has 0 fully saturated rings. The number of rotatable bonds is 6. The molecule has 150 valence electrons. The van der Waals surface area contributed by atoms with Crippen molar-refractivity contribution in [3.8, 4) is 16.9 Å². The number of aromatic nitrogens is 2. The first-order valence-electron chi connectivity index (χ1n) is 9.10. The van der Waals surface area contributed by atoms with Crippen LogP contribution < -0.4 is 5.32 Å². The predicted octanol–water partition coefficient (Wildman–Crippen LogP) is 5.00. The van der Waals surface area contributed by atoms with Crippen LogP contribution >= 0.6 is 23.1 Å². The van der Waals surface area contributed by atoms with Crippen molar-refractivity contribution < 1.29 is 14.7 Å². The highest BCUT2D eigenvalue weighted by atomic mass is 32.2. The van der Waals surface area contributed by atoms with Crippen LogP contribution in [0, 0.1) is 0 Å². The van der Waals surface area contributed by atoms with Crippen molar-refractivity contribution in [2.75, 3.05) is 5.32 Å². The molecule has 0 radical (unpaired) electrons. The number of phenolic OH excluding ortho intramolecular Hbond substituents is 1. The first-order valence-corrected chi connectivity index (χ1v) is 10.9. The molecule has 30 heavy (non-hydrogen) atoms. The molecule has 0 spiro atoms. The first-order chi connectivity index (χ1) is 14.6. The normalized spacial score (nSPS) is 11.9. The maximum atomic E-state index is 12.7. The lowest BCUT2D eigenvalue weighted by atomic mass is 10.1. The van der Waals surface area contributed by atoms with E-state index in [0.29, 0.717) is 16.9 Å². The van der Waals surface area contributed by atoms with Gasteiger partial charge in [0.15, 0.2) is 0 Å². The number of aromatic hydroxyl groups is 1. The van der Waals surface area contributed by atoms with Crippen LogP contribution in [0.1, 0.15) is 17.3 Å². The van der Waals surface area contributed by atoms with Gasteiger partial charge >= 0.3 is 0 Å². The second-order valence-corrected chi connectivity index (χ2v) is 8.71. The fraction of sp³-hybridized carbons (Fsp3) is 0.0909. The third-order valence-corrected chi connectivity index (χ3v) is 6.48. The van der Waals surface area contributed by atoms with Gasteiger partial charge in [0.25, 0.3) is 0 Å². The molecule has 0 aliphatic heterocycles. The van der Waals surface area contributed by atoms with Crippen molar-refractivity contribution in [3.05, 3.63) is 65.8 Å². The Morgan fingerprint density at radius 1 is 1.20 bits per heavy atom. The summed E-state index contributed by atoms with van der Waals surface area (Å²) in [6, 6.07) is 14.3. The lowest BCUT2D eigenvalue weighted by Crippen LogP contribution is -2.22. The van der Waals surface area contributed by atoms with E-state index >= 15 is 0 Å². The van der Waals surface area contributed by atoms with E-state index in [1.807, 2.05) is 35.7 Å². The molecule has 4 aromatic rings. The molecule has 0 bridgehead atoms. The molecule has 0 aliphatic rings. The first kappa shape index (κ1) is 20.1. The summed E-state index contributed by atoms with van der Waals surface area (Å²) >= 11 is 2.86. The Morgan fingerprint density at radius 3 is 2.77 bits per heavy atom. The maximum Gasteiger partial charge on any atom is 0.237 e. The number of carbonyl (C=O) groups excluding carboxylic acids is 2. The minimum Gasteiger partial charge on any atom is -0.506 e. The summed E-state index contributed by atoms with van der Waals surface area (Å²) in [5, 5.41) is 15.8. The SMILES string of the molecule is CC(Sc1ncnc2scc(-c3ccccc3)c12)C(=O)Nc1cc(C=O)ccc1O. The van der Waals surface area contributed by atoms with Crippen LogP contribution in [0.3, 0.4) is 0 Å². The quantitative estimate of drug-likeness (QED) is 0.192. The largest absolute Gasteiger partial charge is 0.506 e. The predicted molar refractivity (Wildman–Crippen MR) is 120 cm³/mol. The summed E-state index contributed by atoms with van der Waals surface area (Å²) < 4.78 is 0. The van der Waals surface area contributed by atoms with Crippen LogP contribution in [-0.2, 0) is 4.79 Å². The van der Waals surface area contributed by atoms with Crippen LogP contribution in [0.15, 0.2) is 65.3 Å². The van der Waals surface area contributed by atoms with Crippen molar-refractivity contribution in [1.29, 1.82) is 0 Å². The standard InChI is InChI=1S/C22H17N3O3S2/c1-13(20(28)25-17-9-14(10-26)7-8-18(17)27)30-22-19-16(15-5-3-2-4-6-15)11-29-21(19)23-12-24-22/h2-13,27H,1H3,(H,25,28). The molecule has 2 aromatic heterocycles. The molecule has 6 nitrogen and oxygen atoms in total. The van der Waals surface area contributed by atoms with Gasteiger partial charge in [-0.2, -0.15) is 0 Å². The van der Waals surface area contributed by atoms with E-state index in [1.165, 1.54) is 47.6 Å². The Morgan fingerprint density at radius 2 is 2.00 bits per heavy atom. The zero-order chi connectivity index (χ0) is 21.1. The summed E-state index contributed by atoms with van der Waals surface area (Å²) in [4.78, 5) is 33.3. The van der Waals surface area contributed by atoms with Gasteiger partial charge in [0.2, 0.25) is 5.91 Å².